The predicted octanol–water partition coefficient (Wildman–Crippen LogP) is 5.08. The number of nitrogens with two attached hydrogens (primary N) is 1. The molecule has 0 aliphatic carbocycles. The summed E-state index contributed by atoms with van der Waals surface area (Å²) in [7, 11) is -3.80. The fourth-order valence-corrected chi connectivity index (χ4v) is 7.89. The molecular formula is C34H49F2N3O6S. The number of ether oxygens (including phenoxy) is 2. The fraction of sp³-hybridized carbons (Fsp3) is 0.588. The van der Waals surface area contributed by atoms with Crippen molar-refractivity contribution >= 4 is 21.8 Å². The van der Waals surface area contributed by atoms with Gasteiger partial charge < -0.3 is 25.4 Å². The van der Waals surface area contributed by atoms with E-state index in [2.05, 4.69) is 5.32 Å². The predicted molar refractivity (Wildman–Crippen MR) is 174 cm³/mol. The van der Waals surface area contributed by atoms with Crippen molar-refractivity contribution in [3.63, 3.8) is 0 Å². The van der Waals surface area contributed by atoms with E-state index in [1.165, 1.54) is 17.0 Å². The summed E-state index contributed by atoms with van der Waals surface area (Å²) in [4.78, 5) is 28.7. The number of sulfone groups is 1. The summed E-state index contributed by atoms with van der Waals surface area (Å²) in [6.07, 6.45) is 2.56. The van der Waals surface area contributed by atoms with Gasteiger partial charge >= 0.3 is 6.09 Å². The molecule has 9 nitrogen and oxygen atoms in total. The first kappa shape index (κ1) is 37.4. The Labute approximate surface area is 272 Å². The van der Waals surface area contributed by atoms with Crippen LogP contribution in [0.5, 0.6) is 0 Å². The molecule has 3 N–H and O–H groups in total. The van der Waals surface area contributed by atoms with Crippen molar-refractivity contribution in [1.82, 2.24) is 10.2 Å². The van der Waals surface area contributed by atoms with Gasteiger partial charge in [0.25, 0.3) is 0 Å². The lowest BCUT2D eigenvalue weighted by atomic mass is 10.0. The number of hydrogen-bond donors (Lipinski definition) is 2. The van der Waals surface area contributed by atoms with Gasteiger partial charge in [-0.1, -0.05) is 57.9 Å². The number of alkyl carbamates (subject to hydrolysis) is 1. The van der Waals surface area contributed by atoms with Crippen molar-refractivity contribution in [3.05, 3.63) is 70.8 Å². The molecule has 0 saturated carbocycles. The second-order valence-electron chi connectivity index (χ2n) is 12.1. The highest BCUT2D eigenvalue weighted by Gasteiger charge is 2.35. The van der Waals surface area contributed by atoms with Crippen molar-refractivity contribution in [1.29, 1.82) is 0 Å². The van der Waals surface area contributed by atoms with Crippen molar-refractivity contribution in [2.75, 3.05) is 25.5 Å². The molecule has 46 heavy (non-hydrogen) atoms. The van der Waals surface area contributed by atoms with E-state index in [1.54, 1.807) is 0 Å². The molecule has 1 aliphatic rings. The molecule has 2 amide bonds. The molecule has 3 atom stereocenters. The van der Waals surface area contributed by atoms with Crippen LogP contribution < -0.4 is 11.1 Å². The van der Waals surface area contributed by atoms with Crippen molar-refractivity contribution in [2.45, 2.75) is 102 Å². The maximum atomic E-state index is 14.3. The third kappa shape index (κ3) is 11.9. The van der Waals surface area contributed by atoms with Gasteiger partial charge in [0.15, 0.2) is 9.84 Å². The summed E-state index contributed by atoms with van der Waals surface area (Å²) in [5.74, 6) is -2.57. The molecule has 0 spiro atoms. The monoisotopic (exact) mass is 665 g/mol. The summed E-state index contributed by atoms with van der Waals surface area (Å²) in [5, 5.41) is 1.92. The number of nitrogens with one attached hydrogen (secondary N) is 1. The Hall–Kier alpha value is -3.09. The van der Waals surface area contributed by atoms with Crippen LogP contribution in [0.3, 0.4) is 0 Å². The standard InChI is InChI=1S/C34H49F2N3O6S/c1-4-8-31(9-5-2)46(42,43)23-32(38-34(41)45-30-13-15-44-22-30)33(40)39(21-25-11-7-10-24(6-3)16-25)14-12-29(37)19-26-17-27(35)20-28(36)18-26/h7,10-11,16-18,20,29-32H,4-6,8-9,12-15,19,21-23,37H2,1-3H3,(H,38,41)/t29-,30+,32+/m1/s1. The zero-order valence-electron chi connectivity index (χ0n) is 27.2. The zero-order chi connectivity index (χ0) is 33.7. The van der Waals surface area contributed by atoms with Crippen LogP contribution in [0.2, 0.25) is 0 Å². The SMILES string of the molecule is CCCC(CCC)S(=O)(=O)C[C@H](NC(=O)O[C@H]1CCOC1)C(=O)N(CC[C@@H](N)Cc1cc(F)cc(F)c1)Cc1cccc(CC)c1. The number of carbonyl (C=O) groups is 2. The summed E-state index contributed by atoms with van der Waals surface area (Å²) in [6.45, 7) is 6.77. The van der Waals surface area contributed by atoms with E-state index in [-0.39, 0.29) is 32.5 Å². The van der Waals surface area contributed by atoms with Gasteiger partial charge in [-0.3, -0.25) is 4.79 Å². The summed E-state index contributed by atoms with van der Waals surface area (Å²) < 4.78 is 65.6. The molecule has 2 aromatic rings. The Bertz CT molecular complexity index is 1360. The number of aryl methyl sites for hydroxylation is 1. The average molecular weight is 666 g/mol. The van der Waals surface area contributed by atoms with Gasteiger partial charge in [0, 0.05) is 31.6 Å². The zero-order valence-corrected chi connectivity index (χ0v) is 28.0. The molecule has 2 aromatic carbocycles. The first-order valence-electron chi connectivity index (χ1n) is 16.3. The third-order valence-electron chi connectivity index (χ3n) is 8.15. The normalized spacial score (nSPS) is 16.3. The molecule has 1 heterocycles. The number of hydrogen-bond acceptors (Lipinski definition) is 7. The van der Waals surface area contributed by atoms with E-state index in [0.717, 1.165) is 23.6 Å². The molecule has 0 bridgehead atoms. The minimum Gasteiger partial charge on any atom is -0.444 e. The average Bonchev–Trinajstić information content (AvgIpc) is 3.50. The Morgan fingerprint density at radius 2 is 1.70 bits per heavy atom. The van der Waals surface area contributed by atoms with E-state index in [9.17, 15) is 26.8 Å². The smallest absolute Gasteiger partial charge is 0.408 e. The summed E-state index contributed by atoms with van der Waals surface area (Å²) in [5.41, 5.74) is 8.65. The van der Waals surface area contributed by atoms with Gasteiger partial charge in [-0.05, 0) is 60.9 Å². The minimum absolute atomic E-state index is 0.116. The van der Waals surface area contributed by atoms with E-state index in [1.807, 2.05) is 45.0 Å². The molecule has 0 unspecified atom stereocenters. The second kappa shape index (κ2) is 18.3. The first-order valence-corrected chi connectivity index (χ1v) is 18.0. The molecule has 0 radical (unpaired) electrons. The summed E-state index contributed by atoms with van der Waals surface area (Å²) >= 11 is 0. The number of amides is 2. The van der Waals surface area contributed by atoms with E-state index < -0.39 is 62.7 Å². The molecule has 1 saturated heterocycles. The van der Waals surface area contributed by atoms with Crippen LogP contribution >= 0.6 is 0 Å². The molecular weight excluding hydrogens is 616 g/mol. The fourth-order valence-electron chi connectivity index (χ4n) is 5.74. The van der Waals surface area contributed by atoms with Crippen molar-refractivity contribution in [3.8, 4) is 0 Å². The Balaban J connectivity index is 1.88. The number of benzene rings is 2. The minimum atomic E-state index is -3.80. The van der Waals surface area contributed by atoms with E-state index >= 15 is 0 Å². The highest BCUT2D eigenvalue weighted by molar-refractivity contribution is 7.92. The third-order valence-corrected chi connectivity index (χ3v) is 10.4. The van der Waals surface area contributed by atoms with E-state index in [4.69, 9.17) is 15.2 Å². The summed E-state index contributed by atoms with van der Waals surface area (Å²) in [6, 6.07) is 8.99. The van der Waals surface area contributed by atoms with Crippen LogP contribution in [-0.2, 0) is 43.5 Å². The largest absolute Gasteiger partial charge is 0.444 e. The van der Waals surface area contributed by atoms with Crippen LogP contribution in [0.25, 0.3) is 0 Å². The van der Waals surface area contributed by atoms with Crippen LogP contribution in [0.15, 0.2) is 42.5 Å². The lowest BCUT2D eigenvalue weighted by Gasteiger charge is -2.30. The molecule has 1 fully saturated rings. The topological polar surface area (TPSA) is 128 Å². The van der Waals surface area contributed by atoms with Crippen LogP contribution in [0.1, 0.15) is 76.0 Å². The van der Waals surface area contributed by atoms with Gasteiger partial charge in [0.1, 0.15) is 23.8 Å². The van der Waals surface area contributed by atoms with Crippen molar-refractivity contribution in [2.24, 2.45) is 5.73 Å². The van der Waals surface area contributed by atoms with Gasteiger partial charge in [-0.15, -0.1) is 0 Å². The maximum Gasteiger partial charge on any atom is 0.408 e. The van der Waals surface area contributed by atoms with Gasteiger partial charge in [0.2, 0.25) is 5.91 Å². The Morgan fingerprint density at radius 1 is 1.02 bits per heavy atom. The van der Waals surface area contributed by atoms with Gasteiger partial charge in [0.05, 0.1) is 24.2 Å². The number of rotatable bonds is 18. The van der Waals surface area contributed by atoms with Gasteiger partial charge in [-0.2, -0.15) is 0 Å². The van der Waals surface area contributed by atoms with Crippen molar-refractivity contribution < 1.29 is 36.3 Å². The van der Waals surface area contributed by atoms with E-state index in [0.29, 0.717) is 44.3 Å². The quantitative estimate of drug-likeness (QED) is 0.227. The maximum absolute atomic E-state index is 14.3. The molecule has 12 heteroatoms. The molecule has 0 aromatic heterocycles. The lowest BCUT2D eigenvalue weighted by molar-refractivity contribution is -0.133. The number of halogens is 2. The number of nitrogens with zero attached hydrogens (tertiary/aromatic N) is 1. The highest BCUT2D eigenvalue weighted by Crippen LogP contribution is 2.20. The van der Waals surface area contributed by atoms with Crippen LogP contribution in [0, 0.1) is 11.6 Å². The van der Waals surface area contributed by atoms with Crippen LogP contribution in [-0.4, -0.2) is 74.3 Å². The molecule has 256 valence electrons. The van der Waals surface area contributed by atoms with Crippen LogP contribution in [0.4, 0.5) is 13.6 Å². The highest BCUT2D eigenvalue weighted by atomic mass is 32.2. The van der Waals surface area contributed by atoms with Gasteiger partial charge in [-0.25, -0.2) is 22.0 Å². The first-order chi connectivity index (χ1) is 21.9. The molecule has 3 rings (SSSR count). The molecule has 1 aliphatic heterocycles. The Morgan fingerprint density at radius 3 is 2.30 bits per heavy atom. The second-order valence-corrected chi connectivity index (χ2v) is 14.4. The number of carbonyl (C=O) groups excluding carboxylic acids is 2. The lowest BCUT2D eigenvalue weighted by Crippen LogP contribution is -2.53. The Kier molecular flexibility index (Phi) is 14.9.